The summed E-state index contributed by atoms with van der Waals surface area (Å²) >= 11 is 10.3. The van der Waals surface area contributed by atoms with Crippen LogP contribution in [0.25, 0.3) is 0 Å². The quantitative estimate of drug-likeness (QED) is 0.748. The molecule has 1 aromatic carbocycles. The van der Waals surface area contributed by atoms with Gasteiger partial charge in [-0.05, 0) is 30.3 Å². The van der Waals surface area contributed by atoms with E-state index in [2.05, 4.69) is 21.2 Å². The molecule has 0 aliphatic rings. The topological polar surface area (TPSA) is 63.2 Å². The minimum atomic E-state index is -3.73. The maximum atomic E-state index is 12.0. The molecule has 0 spiro atoms. The summed E-state index contributed by atoms with van der Waals surface area (Å²) in [5.74, 6) is -0.337. The molecule has 0 bridgehead atoms. The van der Waals surface area contributed by atoms with Gasteiger partial charge < -0.3 is 5.32 Å². The molecule has 0 saturated carbocycles. The van der Waals surface area contributed by atoms with Crippen molar-refractivity contribution in [3.05, 3.63) is 50.3 Å². The van der Waals surface area contributed by atoms with E-state index < -0.39 is 9.05 Å². The van der Waals surface area contributed by atoms with E-state index in [4.69, 9.17) is 22.3 Å². The zero-order valence-electron chi connectivity index (χ0n) is 10.3. The third kappa shape index (κ3) is 4.43. The fourth-order valence-electron chi connectivity index (χ4n) is 1.52. The van der Waals surface area contributed by atoms with Crippen molar-refractivity contribution in [2.24, 2.45) is 0 Å². The predicted octanol–water partition coefficient (Wildman–Crippen LogP) is 4.02. The Morgan fingerprint density at radius 3 is 2.57 bits per heavy atom. The summed E-state index contributed by atoms with van der Waals surface area (Å²) < 4.78 is 23.1. The maximum absolute atomic E-state index is 12.0. The number of thiophene rings is 1. The van der Waals surface area contributed by atoms with Gasteiger partial charge in [-0.2, -0.15) is 0 Å². The Bertz CT molecular complexity index is 790. The van der Waals surface area contributed by atoms with E-state index in [1.807, 2.05) is 0 Å². The van der Waals surface area contributed by atoms with Gasteiger partial charge in [0.15, 0.2) is 0 Å². The van der Waals surface area contributed by atoms with Crippen molar-refractivity contribution in [2.75, 3.05) is 0 Å². The third-order valence-corrected chi connectivity index (χ3v) is 6.46. The highest BCUT2D eigenvalue weighted by molar-refractivity contribution is 9.10. The van der Waals surface area contributed by atoms with E-state index >= 15 is 0 Å². The van der Waals surface area contributed by atoms with Crippen LogP contribution in [0.5, 0.6) is 0 Å². The van der Waals surface area contributed by atoms with Gasteiger partial charge in [0.25, 0.3) is 15.0 Å². The molecule has 1 aromatic heterocycles. The van der Waals surface area contributed by atoms with Crippen LogP contribution in [0.2, 0.25) is 5.02 Å². The lowest BCUT2D eigenvalue weighted by Crippen LogP contribution is -2.22. The largest absolute Gasteiger partial charge is 0.347 e. The third-order valence-electron chi connectivity index (χ3n) is 2.48. The Kier molecular flexibility index (Phi) is 5.32. The molecular weight excluding hydrogens is 421 g/mol. The molecule has 0 aliphatic carbocycles. The van der Waals surface area contributed by atoms with Gasteiger partial charge in [0.2, 0.25) is 0 Å². The molecule has 1 heterocycles. The smallest absolute Gasteiger partial charge is 0.270 e. The van der Waals surface area contributed by atoms with Crippen molar-refractivity contribution in [3.63, 3.8) is 0 Å². The van der Waals surface area contributed by atoms with Gasteiger partial charge in [-0.1, -0.05) is 27.5 Å². The number of amides is 1. The highest BCUT2D eigenvalue weighted by Gasteiger charge is 2.14. The second-order valence-electron chi connectivity index (χ2n) is 3.97. The summed E-state index contributed by atoms with van der Waals surface area (Å²) in [6.07, 6.45) is 0. The first kappa shape index (κ1) is 16.8. The van der Waals surface area contributed by atoms with Gasteiger partial charge in [0.05, 0.1) is 17.1 Å². The molecule has 0 fully saturated rings. The Morgan fingerprint density at radius 2 is 2.00 bits per heavy atom. The molecule has 4 nitrogen and oxygen atoms in total. The molecule has 0 unspecified atom stereocenters. The summed E-state index contributed by atoms with van der Waals surface area (Å²) in [7, 11) is 1.51. The summed E-state index contributed by atoms with van der Waals surface area (Å²) in [6.45, 7) is 0.197. The summed E-state index contributed by atoms with van der Waals surface area (Å²) in [5.41, 5.74) is 0.349. The molecule has 21 heavy (non-hydrogen) atoms. The number of hydrogen-bond acceptors (Lipinski definition) is 4. The van der Waals surface area contributed by atoms with E-state index in [9.17, 15) is 13.2 Å². The molecule has 2 aromatic rings. The molecule has 0 aliphatic heterocycles. The van der Waals surface area contributed by atoms with Gasteiger partial charge in [-0.3, -0.25) is 4.79 Å². The molecule has 0 saturated heterocycles. The van der Waals surface area contributed by atoms with Crippen molar-refractivity contribution in [1.82, 2.24) is 5.32 Å². The van der Waals surface area contributed by atoms with Crippen LogP contribution in [0.3, 0.4) is 0 Å². The van der Waals surface area contributed by atoms with Crippen LogP contribution >= 0.6 is 49.6 Å². The normalized spacial score (nSPS) is 11.4. The number of hydrogen-bond donors (Lipinski definition) is 1. The number of carbonyl (C=O) groups excluding carboxylic acids is 1. The highest BCUT2D eigenvalue weighted by atomic mass is 79.9. The minimum Gasteiger partial charge on any atom is -0.347 e. The fourth-order valence-corrected chi connectivity index (χ4v) is 4.34. The Labute approximate surface area is 143 Å². The molecular formula is C12H8BrCl2NO3S2. The predicted molar refractivity (Wildman–Crippen MR) is 87.7 cm³/mol. The first-order chi connectivity index (χ1) is 9.77. The van der Waals surface area contributed by atoms with Crippen LogP contribution in [0, 0.1) is 0 Å². The second kappa shape index (κ2) is 6.66. The van der Waals surface area contributed by atoms with Crippen LogP contribution in [0.1, 0.15) is 15.2 Å². The van der Waals surface area contributed by atoms with E-state index in [-0.39, 0.29) is 16.7 Å². The van der Waals surface area contributed by atoms with E-state index in [0.717, 1.165) is 15.8 Å². The van der Waals surface area contributed by atoms with Gasteiger partial charge in [-0.15, -0.1) is 11.3 Å². The van der Waals surface area contributed by atoms with Crippen molar-refractivity contribution >= 4 is 64.5 Å². The zero-order chi connectivity index (χ0) is 15.6. The number of halogens is 3. The molecule has 112 valence electrons. The van der Waals surface area contributed by atoms with Crippen molar-refractivity contribution in [1.29, 1.82) is 0 Å². The van der Waals surface area contributed by atoms with Gasteiger partial charge in [0, 0.05) is 20.0 Å². The monoisotopic (exact) mass is 427 g/mol. The van der Waals surface area contributed by atoms with Crippen LogP contribution in [-0.2, 0) is 15.6 Å². The standard InChI is InChI=1S/C12H8BrCl2NO3S2/c13-7-1-3-9(10(14)5-7)12(17)16-6-8-2-4-11(20-8)21(15,18)19/h1-5H,6H2,(H,16,17). The number of nitrogens with one attached hydrogen (secondary N) is 1. The average Bonchev–Trinajstić information content (AvgIpc) is 2.84. The second-order valence-corrected chi connectivity index (χ2v) is 9.25. The fraction of sp³-hybridized carbons (Fsp3) is 0.0833. The van der Waals surface area contributed by atoms with Crippen molar-refractivity contribution < 1.29 is 13.2 Å². The average molecular weight is 429 g/mol. The van der Waals surface area contributed by atoms with E-state index in [1.54, 1.807) is 24.3 Å². The summed E-state index contributed by atoms with van der Waals surface area (Å²) in [6, 6.07) is 7.94. The first-order valence-electron chi connectivity index (χ1n) is 5.54. The first-order valence-corrected chi connectivity index (χ1v) is 9.83. The van der Waals surface area contributed by atoms with Gasteiger partial charge in [-0.25, -0.2) is 8.42 Å². The molecule has 1 N–H and O–H groups in total. The van der Waals surface area contributed by atoms with Gasteiger partial charge in [0.1, 0.15) is 4.21 Å². The summed E-state index contributed by atoms with van der Waals surface area (Å²) in [5, 5.41) is 3.00. The lowest BCUT2D eigenvalue weighted by Gasteiger charge is -2.06. The lowest BCUT2D eigenvalue weighted by atomic mass is 10.2. The van der Waals surface area contributed by atoms with Crippen molar-refractivity contribution in [3.8, 4) is 0 Å². The summed E-state index contributed by atoms with van der Waals surface area (Å²) in [4.78, 5) is 12.7. The Balaban J connectivity index is 2.06. The Morgan fingerprint density at radius 1 is 1.29 bits per heavy atom. The Hall–Kier alpha value is -0.600. The highest BCUT2D eigenvalue weighted by Crippen LogP contribution is 2.25. The number of carbonyl (C=O) groups is 1. The molecule has 2 rings (SSSR count). The number of benzene rings is 1. The van der Waals surface area contributed by atoms with E-state index in [0.29, 0.717) is 15.5 Å². The molecule has 9 heteroatoms. The van der Waals surface area contributed by atoms with E-state index in [1.165, 1.54) is 6.07 Å². The molecule has 0 radical (unpaired) electrons. The zero-order valence-corrected chi connectivity index (χ0v) is 15.0. The van der Waals surface area contributed by atoms with Crippen LogP contribution in [0.4, 0.5) is 0 Å². The van der Waals surface area contributed by atoms with Crippen LogP contribution in [-0.4, -0.2) is 14.3 Å². The molecule has 0 atom stereocenters. The van der Waals surface area contributed by atoms with Crippen LogP contribution in [0.15, 0.2) is 39.0 Å². The lowest BCUT2D eigenvalue weighted by molar-refractivity contribution is 0.0951. The van der Waals surface area contributed by atoms with Crippen LogP contribution < -0.4 is 5.32 Å². The van der Waals surface area contributed by atoms with Gasteiger partial charge >= 0.3 is 0 Å². The minimum absolute atomic E-state index is 0.0510. The van der Waals surface area contributed by atoms with Crippen molar-refractivity contribution in [2.45, 2.75) is 10.8 Å². The maximum Gasteiger partial charge on any atom is 0.270 e. The number of rotatable bonds is 4. The SMILES string of the molecule is O=C(NCc1ccc(S(=O)(=O)Cl)s1)c1ccc(Br)cc1Cl. The molecule has 1 amide bonds.